The minimum atomic E-state index is -0.231. The van der Waals surface area contributed by atoms with E-state index < -0.39 is 0 Å². The Kier molecular flexibility index (Phi) is 1.82. The molecule has 2 aromatic heterocycles. The second-order valence-electron chi connectivity index (χ2n) is 2.17. The molecule has 2 N–H and O–H groups in total. The lowest BCUT2D eigenvalue weighted by molar-refractivity contribution is 0.636. The lowest BCUT2D eigenvalue weighted by Gasteiger charge is -1.88. The molecule has 0 radical (unpaired) electrons. The topological polar surface area (TPSA) is 38.9 Å². The molecule has 0 saturated heterocycles. The molecule has 2 aromatic rings. The third kappa shape index (κ3) is 1.21. The zero-order valence-electron chi connectivity index (χ0n) is 5.95. The highest BCUT2D eigenvalue weighted by Gasteiger charge is 2.08. The van der Waals surface area contributed by atoms with E-state index in [0.29, 0.717) is 15.7 Å². The summed E-state index contributed by atoms with van der Waals surface area (Å²) in [6.07, 6.45) is 0. The van der Waals surface area contributed by atoms with E-state index in [4.69, 9.17) is 5.73 Å². The van der Waals surface area contributed by atoms with Crippen molar-refractivity contribution in [2.45, 2.75) is 0 Å². The van der Waals surface area contributed by atoms with Crippen LogP contribution in [0.25, 0.3) is 10.6 Å². The van der Waals surface area contributed by atoms with Gasteiger partial charge >= 0.3 is 0 Å². The summed E-state index contributed by atoms with van der Waals surface area (Å²) in [4.78, 5) is 4.54. The van der Waals surface area contributed by atoms with Crippen molar-refractivity contribution in [1.82, 2.24) is 4.98 Å². The average Bonchev–Trinajstić information content (AvgIpc) is 2.58. The summed E-state index contributed by atoms with van der Waals surface area (Å²) < 4.78 is 13.0. The molecule has 2 nitrogen and oxygen atoms in total. The number of hydrogen-bond donors (Lipinski definition) is 1. The van der Waals surface area contributed by atoms with Crippen LogP contribution in [0.15, 0.2) is 16.8 Å². The highest BCUT2D eigenvalue weighted by atomic mass is 32.1. The van der Waals surface area contributed by atoms with Gasteiger partial charge in [0.2, 0.25) is 0 Å². The van der Waals surface area contributed by atoms with Crippen LogP contribution in [0.5, 0.6) is 0 Å². The first-order valence-corrected chi connectivity index (χ1v) is 4.97. The van der Waals surface area contributed by atoms with Crippen molar-refractivity contribution in [2.24, 2.45) is 0 Å². The Morgan fingerprint density at radius 1 is 1.42 bits per heavy atom. The zero-order valence-corrected chi connectivity index (χ0v) is 7.58. The van der Waals surface area contributed by atoms with Crippen molar-refractivity contribution in [2.75, 3.05) is 5.73 Å². The maximum Gasteiger partial charge on any atom is 0.180 e. The number of rotatable bonds is 1. The van der Waals surface area contributed by atoms with Crippen LogP contribution in [0.1, 0.15) is 0 Å². The number of thiophene rings is 1. The summed E-state index contributed by atoms with van der Waals surface area (Å²) in [7, 11) is 0. The van der Waals surface area contributed by atoms with Crippen LogP contribution < -0.4 is 5.73 Å². The minimum Gasteiger partial charge on any atom is -0.375 e. The number of anilines is 1. The zero-order chi connectivity index (χ0) is 8.55. The van der Waals surface area contributed by atoms with Gasteiger partial charge in [-0.3, -0.25) is 0 Å². The van der Waals surface area contributed by atoms with Gasteiger partial charge in [-0.2, -0.15) is 0 Å². The van der Waals surface area contributed by atoms with Crippen LogP contribution in [0.4, 0.5) is 9.52 Å². The van der Waals surface area contributed by atoms with Crippen LogP contribution in [-0.2, 0) is 0 Å². The summed E-state index contributed by atoms with van der Waals surface area (Å²) in [5.74, 6) is -0.231. The van der Waals surface area contributed by atoms with Crippen LogP contribution in [-0.4, -0.2) is 4.98 Å². The third-order valence-corrected chi connectivity index (χ3v) is 2.96. The summed E-state index contributed by atoms with van der Waals surface area (Å²) in [6, 6.07) is 1.43. The number of nitrogens with two attached hydrogens (primary N) is 1. The molecule has 0 spiro atoms. The van der Waals surface area contributed by atoms with E-state index >= 15 is 0 Å². The Morgan fingerprint density at radius 3 is 2.75 bits per heavy atom. The fourth-order valence-electron chi connectivity index (χ4n) is 0.868. The van der Waals surface area contributed by atoms with Crippen molar-refractivity contribution >= 4 is 27.8 Å². The van der Waals surface area contributed by atoms with Gasteiger partial charge in [-0.05, 0) is 11.4 Å². The van der Waals surface area contributed by atoms with Gasteiger partial charge in [0.05, 0.1) is 10.6 Å². The monoisotopic (exact) mass is 200 g/mol. The van der Waals surface area contributed by atoms with Gasteiger partial charge in [-0.25, -0.2) is 9.37 Å². The van der Waals surface area contributed by atoms with Crippen molar-refractivity contribution in [3.63, 3.8) is 0 Å². The van der Waals surface area contributed by atoms with Crippen LogP contribution in [0, 0.1) is 5.82 Å². The Morgan fingerprint density at radius 2 is 2.25 bits per heavy atom. The van der Waals surface area contributed by atoms with Crippen molar-refractivity contribution in [1.29, 1.82) is 0 Å². The van der Waals surface area contributed by atoms with Crippen molar-refractivity contribution in [3.05, 3.63) is 22.6 Å². The Balaban J connectivity index is 2.50. The largest absolute Gasteiger partial charge is 0.375 e. The first-order chi connectivity index (χ1) is 5.77. The van der Waals surface area contributed by atoms with E-state index in [-0.39, 0.29) is 5.82 Å². The predicted molar refractivity (Wildman–Crippen MR) is 49.8 cm³/mol. The standard InChI is InChI=1S/C7H5FN2S2/c8-4-1-2-11-6(4)5-3-12-7(9)10-5/h1-3H,(H2,9,10). The van der Waals surface area contributed by atoms with E-state index in [1.807, 2.05) is 0 Å². The molecule has 62 valence electrons. The Bertz CT molecular complexity index is 394. The van der Waals surface area contributed by atoms with Gasteiger partial charge in [0, 0.05) is 5.38 Å². The molecule has 0 aliphatic heterocycles. The molecule has 0 aliphatic rings. The fraction of sp³-hybridized carbons (Fsp3) is 0. The molecule has 5 heteroatoms. The number of thiazole rings is 1. The van der Waals surface area contributed by atoms with Crippen molar-refractivity contribution < 1.29 is 4.39 Å². The quantitative estimate of drug-likeness (QED) is 0.768. The second-order valence-corrected chi connectivity index (χ2v) is 3.97. The Hall–Kier alpha value is -0.940. The number of hydrogen-bond acceptors (Lipinski definition) is 4. The molecule has 0 amide bonds. The number of halogens is 1. The Labute approximate surface area is 76.5 Å². The fourth-order valence-corrected chi connectivity index (χ4v) is 2.23. The van der Waals surface area contributed by atoms with Crippen LogP contribution in [0.2, 0.25) is 0 Å². The van der Waals surface area contributed by atoms with E-state index in [1.165, 1.54) is 28.7 Å². The maximum atomic E-state index is 13.0. The molecule has 0 unspecified atom stereocenters. The van der Waals surface area contributed by atoms with Crippen LogP contribution in [0.3, 0.4) is 0 Å². The van der Waals surface area contributed by atoms with Gasteiger partial charge in [-0.15, -0.1) is 22.7 Å². The molecule has 0 aromatic carbocycles. The predicted octanol–water partition coefficient (Wildman–Crippen LogP) is 2.59. The number of nitrogens with zero attached hydrogens (tertiary/aromatic N) is 1. The van der Waals surface area contributed by atoms with Crippen molar-refractivity contribution in [3.8, 4) is 10.6 Å². The second kappa shape index (κ2) is 2.84. The molecule has 0 bridgehead atoms. The van der Waals surface area contributed by atoms with E-state index in [1.54, 1.807) is 10.8 Å². The number of nitrogen functional groups attached to an aromatic ring is 1. The molecule has 2 rings (SSSR count). The molecular weight excluding hydrogens is 195 g/mol. The molecule has 12 heavy (non-hydrogen) atoms. The molecule has 2 heterocycles. The van der Waals surface area contributed by atoms with Gasteiger partial charge in [0.25, 0.3) is 0 Å². The normalized spacial score (nSPS) is 10.4. The summed E-state index contributed by atoms with van der Waals surface area (Å²) in [6.45, 7) is 0. The van der Waals surface area contributed by atoms with E-state index in [9.17, 15) is 4.39 Å². The van der Waals surface area contributed by atoms with E-state index in [0.717, 1.165) is 0 Å². The molecule has 0 fully saturated rings. The number of aromatic nitrogens is 1. The molecule has 0 aliphatic carbocycles. The maximum absolute atomic E-state index is 13.0. The smallest absolute Gasteiger partial charge is 0.180 e. The minimum absolute atomic E-state index is 0.231. The van der Waals surface area contributed by atoms with Gasteiger partial charge in [0.1, 0.15) is 5.82 Å². The SMILES string of the molecule is Nc1nc(-c2sccc2F)cs1. The first kappa shape index (κ1) is 7.70. The molecular formula is C7H5FN2S2. The average molecular weight is 200 g/mol. The highest BCUT2D eigenvalue weighted by Crippen LogP contribution is 2.29. The molecule has 0 atom stereocenters. The highest BCUT2D eigenvalue weighted by molar-refractivity contribution is 7.15. The summed E-state index contributed by atoms with van der Waals surface area (Å²) in [5.41, 5.74) is 6.05. The lowest BCUT2D eigenvalue weighted by atomic mass is 10.4. The lowest BCUT2D eigenvalue weighted by Crippen LogP contribution is -1.82. The van der Waals surface area contributed by atoms with Gasteiger partial charge in [0.15, 0.2) is 5.13 Å². The van der Waals surface area contributed by atoms with E-state index in [2.05, 4.69) is 4.98 Å². The van der Waals surface area contributed by atoms with Gasteiger partial charge < -0.3 is 5.73 Å². The third-order valence-electron chi connectivity index (χ3n) is 1.37. The summed E-state index contributed by atoms with van der Waals surface area (Å²) >= 11 is 2.65. The van der Waals surface area contributed by atoms with Crippen LogP contribution >= 0.6 is 22.7 Å². The molecule has 0 saturated carbocycles. The first-order valence-electron chi connectivity index (χ1n) is 3.22. The van der Waals surface area contributed by atoms with Gasteiger partial charge in [-0.1, -0.05) is 0 Å². The summed E-state index contributed by atoms with van der Waals surface area (Å²) in [5, 5.41) is 3.92.